The summed E-state index contributed by atoms with van der Waals surface area (Å²) < 4.78 is 13.5. The summed E-state index contributed by atoms with van der Waals surface area (Å²) in [6, 6.07) is 6.64. The molecular formula is C12H12ClFN2S. The van der Waals surface area contributed by atoms with Crippen molar-refractivity contribution < 1.29 is 4.39 Å². The van der Waals surface area contributed by atoms with Gasteiger partial charge in [-0.05, 0) is 24.6 Å². The van der Waals surface area contributed by atoms with Crippen molar-refractivity contribution in [1.82, 2.24) is 10.3 Å². The van der Waals surface area contributed by atoms with Gasteiger partial charge in [0.2, 0.25) is 0 Å². The monoisotopic (exact) mass is 270 g/mol. The normalized spacial score (nSPS) is 12.6. The van der Waals surface area contributed by atoms with Gasteiger partial charge in [-0.15, -0.1) is 11.3 Å². The molecule has 17 heavy (non-hydrogen) atoms. The SMILES string of the molecule is C[C@H](NCc1ncc(Cl)s1)c1ccc(F)cc1. The van der Waals surface area contributed by atoms with Gasteiger partial charge in [-0.1, -0.05) is 23.7 Å². The van der Waals surface area contributed by atoms with Crippen LogP contribution in [0.15, 0.2) is 30.5 Å². The fourth-order valence-corrected chi connectivity index (χ4v) is 2.39. The third kappa shape index (κ3) is 3.49. The van der Waals surface area contributed by atoms with E-state index in [0.29, 0.717) is 10.9 Å². The number of hydrogen-bond donors (Lipinski definition) is 1. The van der Waals surface area contributed by atoms with E-state index in [-0.39, 0.29) is 11.9 Å². The Balaban J connectivity index is 1.93. The number of benzene rings is 1. The molecule has 2 rings (SSSR count). The van der Waals surface area contributed by atoms with Crippen LogP contribution in [0.25, 0.3) is 0 Å². The molecule has 0 saturated carbocycles. The Bertz CT molecular complexity index is 484. The van der Waals surface area contributed by atoms with E-state index in [4.69, 9.17) is 11.6 Å². The molecule has 0 bridgehead atoms. The van der Waals surface area contributed by atoms with Crippen LogP contribution in [0.5, 0.6) is 0 Å². The van der Waals surface area contributed by atoms with Crippen LogP contribution >= 0.6 is 22.9 Å². The molecule has 2 nitrogen and oxygen atoms in total. The number of aromatic nitrogens is 1. The van der Waals surface area contributed by atoms with E-state index >= 15 is 0 Å². The lowest BCUT2D eigenvalue weighted by Gasteiger charge is -2.12. The minimum Gasteiger partial charge on any atom is -0.304 e. The van der Waals surface area contributed by atoms with Crippen LogP contribution in [-0.2, 0) is 6.54 Å². The predicted molar refractivity (Wildman–Crippen MR) is 68.8 cm³/mol. The second kappa shape index (κ2) is 5.58. The summed E-state index contributed by atoms with van der Waals surface area (Å²) in [5.74, 6) is -0.215. The predicted octanol–water partition coefficient (Wildman–Crippen LogP) is 3.79. The van der Waals surface area contributed by atoms with E-state index in [9.17, 15) is 4.39 Å². The Morgan fingerprint density at radius 1 is 1.41 bits per heavy atom. The summed E-state index contributed by atoms with van der Waals surface area (Å²) in [5.41, 5.74) is 1.05. The van der Waals surface area contributed by atoms with Crippen molar-refractivity contribution in [2.75, 3.05) is 0 Å². The minimum absolute atomic E-state index is 0.151. The van der Waals surface area contributed by atoms with Crippen LogP contribution in [-0.4, -0.2) is 4.98 Å². The van der Waals surface area contributed by atoms with Crippen molar-refractivity contribution in [3.05, 3.63) is 51.2 Å². The van der Waals surface area contributed by atoms with Gasteiger partial charge in [0.15, 0.2) is 0 Å². The highest BCUT2D eigenvalue weighted by Crippen LogP contribution is 2.19. The fraction of sp³-hybridized carbons (Fsp3) is 0.250. The molecule has 2 aromatic rings. The second-order valence-electron chi connectivity index (χ2n) is 3.71. The van der Waals surface area contributed by atoms with Gasteiger partial charge in [0.1, 0.15) is 15.2 Å². The van der Waals surface area contributed by atoms with Gasteiger partial charge in [0.25, 0.3) is 0 Å². The van der Waals surface area contributed by atoms with Crippen LogP contribution < -0.4 is 5.32 Å². The number of thiazole rings is 1. The Kier molecular flexibility index (Phi) is 4.10. The Morgan fingerprint density at radius 2 is 2.12 bits per heavy atom. The molecule has 1 N–H and O–H groups in total. The van der Waals surface area contributed by atoms with Gasteiger partial charge in [-0.25, -0.2) is 9.37 Å². The molecule has 1 heterocycles. The first-order chi connectivity index (χ1) is 8.15. The van der Waals surface area contributed by atoms with Crippen LogP contribution in [0, 0.1) is 5.82 Å². The van der Waals surface area contributed by atoms with Gasteiger partial charge in [-0.3, -0.25) is 0 Å². The molecule has 0 aliphatic carbocycles. The molecule has 1 atom stereocenters. The first-order valence-corrected chi connectivity index (χ1v) is 6.43. The molecule has 0 aliphatic heterocycles. The van der Waals surface area contributed by atoms with Crippen molar-refractivity contribution in [3.63, 3.8) is 0 Å². The summed E-state index contributed by atoms with van der Waals surface area (Å²) in [7, 11) is 0. The van der Waals surface area contributed by atoms with Crippen molar-refractivity contribution in [3.8, 4) is 0 Å². The van der Waals surface area contributed by atoms with Gasteiger partial charge in [0.05, 0.1) is 6.20 Å². The maximum atomic E-state index is 12.8. The first kappa shape index (κ1) is 12.5. The van der Waals surface area contributed by atoms with Gasteiger partial charge >= 0.3 is 0 Å². The Hall–Kier alpha value is -0.970. The van der Waals surface area contributed by atoms with E-state index < -0.39 is 0 Å². The van der Waals surface area contributed by atoms with Crippen LogP contribution in [0.2, 0.25) is 4.34 Å². The summed E-state index contributed by atoms with van der Waals surface area (Å²) in [5, 5.41) is 4.26. The highest BCUT2D eigenvalue weighted by atomic mass is 35.5. The third-order valence-corrected chi connectivity index (χ3v) is 3.57. The zero-order valence-electron chi connectivity index (χ0n) is 9.28. The lowest BCUT2D eigenvalue weighted by molar-refractivity contribution is 0.570. The molecular weight excluding hydrogens is 259 g/mol. The number of halogens is 2. The number of nitrogens with zero attached hydrogens (tertiary/aromatic N) is 1. The maximum Gasteiger partial charge on any atom is 0.123 e. The quantitative estimate of drug-likeness (QED) is 0.914. The van der Waals surface area contributed by atoms with E-state index in [1.165, 1.54) is 23.5 Å². The average Bonchev–Trinajstić information content (AvgIpc) is 2.73. The van der Waals surface area contributed by atoms with Crippen LogP contribution in [0.1, 0.15) is 23.5 Å². The summed E-state index contributed by atoms with van der Waals surface area (Å²) in [6.07, 6.45) is 1.64. The first-order valence-electron chi connectivity index (χ1n) is 5.24. The average molecular weight is 271 g/mol. The maximum absolute atomic E-state index is 12.8. The molecule has 1 aromatic heterocycles. The van der Waals surface area contributed by atoms with Crippen molar-refractivity contribution in [2.24, 2.45) is 0 Å². The molecule has 1 aromatic carbocycles. The molecule has 0 amide bonds. The zero-order chi connectivity index (χ0) is 12.3. The summed E-state index contributed by atoms with van der Waals surface area (Å²) >= 11 is 7.26. The van der Waals surface area contributed by atoms with Gasteiger partial charge in [0, 0.05) is 12.6 Å². The molecule has 5 heteroatoms. The lowest BCUT2D eigenvalue weighted by atomic mass is 10.1. The van der Waals surface area contributed by atoms with Crippen molar-refractivity contribution in [2.45, 2.75) is 19.5 Å². The summed E-state index contributed by atoms with van der Waals surface area (Å²) in [6.45, 7) is 2.69. The lowest BCUT2D eigenvalue weighted by Crippen LogP contribution is -2.17. The van der Waals surface area contributed by atoms with E-state index in [1.807, 2.05) is 6.92 Å². The Labute approximate surface area is 108 Å². The standard InChI is InChI=1S/C12H12ClFN2S/c1-8(9-2-4-10(14)5-3-9)15-7-12-16-6-11(13)17-12/h2-6,8,15H,7H2,1H3/t8-/m0/s1. The Morgan fingerprint density at radius 3 is 2.71 bits per heavy atom. The topological polar surface area (TPSA) is 24.9 Å². The van der Waals surface area contributed by atoms with Gasteiger partial charge in [-0.2, -0.15) is 0 Å². The molecule has 0 radical (unpaired) electrons. The molecule has 0 spiro atoms. The fourth-order valence-electron chi connectivity index (χ4n) is 1.48. The zero-order valence-corrected chi connectivity index (χ0v) is 10.9. The highest BCUT2D eigenvalue weighted by molar-refractivity contribution is 7.15. The van der Waals surface area contributed by atoms with Crippen molar-refractivity contribution >= 4 is 22.9 Å². The highest BCUT2D eigenvalue weighted by Gasteiger charge is 2.06. The number of hydrogen-bond acceptors (Lipinski definition) is 3. The minimum atomic E-state index is -0.215. The largest absolute Gasteiger partial charge is 0.304 e. The van der Waals surface area contributed by atoms with Crippen LogP contribution in [0.3, 0.4) is 0 Å². The molecule has 0 saturated heterocycles. The van der Waals surface area contributed by atoms with Crippen molar-refractivity contribution in [1.29, 1.82) is 0 Å². The van der Waals surface area contributed by atoms with E-state index in [1.54, 1.807) is 18.3 Å². The van der Waals surface area contributed by atoms with Crippen LogP contribution in [0.4, 0.5) is 4.39 Å². The third-order valence-electron chi connectivity index (χ3n) is 2.45. The smallest absolute Gasteiger partial charge is 0.123 e. The second-order valence-corrected chi connectivity index (χ2v) is 5.46. The molecule has 0 aliphatic rings. The van der Waals surface area contributed by atoms with Gasteiger partial charge < -0.3 is 5.32 Å². The number of rotatable bonds is 4. The molecule has 0 unspecified atom stereocenters. The number of nitrogens with one attached hydrogen (secondary N) is 1. The molecule has 0 fully saturated rings. The molecule has 90 valence electrons. The van der Waals surface area contributed by atoms with E-state index in [2.05, 4.69) is 10.3 Å². The van der Waals surface area contributed by atoms with E-state index in [0.717, 1.165) is 10.6 Å². The summed E-state index contributed by atoms with van der Waals surface area (Å²) in [4.78, 5) is 4.16.